The molecule has 1 aliphatic heterocycles. The van der Waals surface area contributed by atoms with Crippen molar-refractivity contribution < 1.29 is 37.4 Å². The van der Waals surface area contributed by atoms with Gasteiger partial charge in [-0.05, 0) is 46.2 Å². The van der Waals surface area contributed by atoms with Crippen LogP contribution in [-0.2, 0) is 19.1 Å². The molecule has 0 unspecified atom stereocenters. The summed E-state index contributed by atoms with van der Waals surface area (Å²) in [5.41, 5.74) is -1.74. The average Bonchev–Trinajstić information content (AvgIpc) is 3.28. The first kappa shape index (κ1) is 30.3. The monoisotopic (exact) mass is 565 g/mol. The van der Waals surface area contributed by atoms with Gasteiger partial charge in [-0.15, -0.1) is 0 Å². The van der Waals surface area contributed by atoms with Gasteiger partial charge in [0.15, 0.2) is 11.6 Å². The van der Waals surface area contributed by atoms with Crippen LogP contribution in [0.15, 0.2) is 29.1 Å². The standard InChI is InChI=1S/C26H33F2N5O7/c1-5-39-25(38)32-12-10-31(11-13-32)24(37)19(8-9-22(35)40-26(2,3)4)29-23(36)20-15-21(34)33(30-20)16-6-7-17(27)18(28)14-16/h6-7,14-15,19,30H,5,8-13H2,1-4H3,(H,29,36)/t19-/m0/s1. The van der Waals surface area contributed by atoms with Crippen molar-refractivity contribution in [3.8, 4) is 5.69 Å². The molecule has 14 heteroatoms. The summed E-state index contributed by atoms with van der Waals surface area (Å²) in [6.45, 7) is 7.82. The van der Waals surface area contributed by atoms with Gasteiger partial charge in [0, 0.05) is 44.7 Å². The number of aromatic nitrogens is 2. The summed E-state index contributed by atoms with van der Waals surface area (Å²) in [5.74, 6) is -4.16. The van der Waals surface area contributed by atoms with E-state index in [1.165, 1.54) is 9.80 Å². The molecule has 218 valence electrons. The lowest BCUT2D eigenvalue weighted by molar-refractivity contribution is -0.155. The summed E-state index contributed by atoms with van der Waals surface area (Å²) < 4.78 is 38.1. The lowest BCUT2D eigenvalue weighted by Gasteiger charge is -2.36. The van der Waals surface area contributed by atoms with E-state index < -0.39 is 52.7 Å². The predicted molar refractivity (Wildman–Crippen MR) is 138 cm³/mol. The summed E-state index contributed by atoms with van der Waals surface area (Å²) in [7, 11) is 0. The smallest absolute Gasteiger partial charge is 0.409 e. The van der Waals surface area contributed by atoms with Gasteiger partial charge in [-0.1, -0.05) is 0 Å². The molecule has 1 saturated heterocycles. The third-order valence-electron chi connectivity index (χ3n) is 5.90. The SMILES string of the molecule is CCOC(=O)N1CCN(C(=O)[C@H](CCC(=O)OC(C)(C)C)NC(=O)c2cc(=O)n(-c3ccc(F)c(F)c3)[nH]2)CC1. The van der Waals surface area contributed by atoms with Crippen LogP contribution in [0.1, 0.15) is 51.0 Å². The van der Waals surface area contributed by atoms with Crippen LogP contribution in [0.3, 0.4) is 0 Å². The minimum atomic E-state index is -1.18. The molecule has 2 heterocycles. The minimum Gasteiger partial charge on any atom is -0.460 e. The molecule has 1 atom stereocenters. The first-order chi connectivity index (χ1) is 18.8. The van der Waals surface area contributed by atoms with Crippen LogP contribution in [0.2, 0.25) is 0 Å². The Morgan fingerprint density at radius 2 is 1.68 bits per heavy atom. The van der Waals surface area contributed by atoms with Gasteiger partial charge in [0.1, 0.15) is 17.3 Å². The molecule has 0 saturated carbocycles. The molecular weight excluding hydrogens is 532 g/mol. The number of amides is 3. The Kier molecular flexibility index (Phi) is 9.66. The number of benzene rings is 1. The number of hydrogen-bond donors (Lipinski definition) is 2. The van der Waals surface area contributed by atoms with Gasteiger partial charge < -0.3 is 24.6 Å². The maximum atomic E-state index is 13.7. The van der Waals surface area contributed by atoms with Crippen molar-refractivity contribution in [2.75, 3.05) is 32.8 Å². The van der Waals surface area contributed by atoms with Crippen LogP contribution >= 0.6 is 0 Å². The van der Waals surface area contributed by atoms with Gasteiger partial charge in [-0.2, -0.15) is 0 Å². The van der Waals surface area contributed by atoms with E-state index >= 15 is 0 Å². The molecule has 0 aliphatic carbocycles. The Bertz CT molecular complexity index is 1310. The van der Waals surface area contributed by atoms with Crippen molar-refractivity contribution in [3.05, 3.63) is 51.9 Å². The maximum Gasteiger partial charge on any atom is 0.409 e. The third kappa shape index (κ3) is 7.90. The highest BCUT2D eigenvalue weighted by atomic mass is 19.2. The fourth-order valence-electron chi connectivity index (χ4n) is 4.02. The minimum absolute atomic E-state index is 0.0417. The molecule has 1 aromatic heterocycles. The number of nitrogens with one attached hydrogen (secondary N) is 2. The molecule has 12 nitrogen and oxygen atoms in total. The highest BCUT2D eigenvalue weighted by molar-refractivity contribution is 5.96. The molecule has 0 spiro atoms. The van der Waals surface area contributed by atoms with Gasteiger partial charge in [0.05, 0.1) is 12.3 Å². The first-order valence-electron chi connectivity index (χ1n) is 12.8. The van der Waals surface area contributed by atoms with Gasteiger partial charge in [-0.25, -0.2) is 18.3 Å². The summed E-state index contributed by atoms with van der Waals surface area (Å²) >= 11 is 0. The summed E-state index contributed by atoms with van der Waals surface area (Å²) in [5, 5.41) is 5.08. The number of nitrogens with zero attached hydrogens (tertiary/aromatic N) is 3. The van der Waals surface area contributed by atoms with Gasteiger partial charge in [0.2, 0.25) is 5.91 Å². The summed E-state index contributed by atoms with van der Waals surface area (Å²) in [6, 6.07) is 2.57. The molecule has 1 fully saturated rings. The molecule has 3 amide bonds. The Morgan fingerprint density at radius 1 is 1.02 bits per heavy atom. The lowest BCUT2D eigenvalue weighted by Crippen LogP contribution is -2.56. The zero-order valence-electron chi connectivity index (χ0n) is 22.8. The predicted octanol–water partition coefficient (Wildman–Crippen LogP) is 1.96. The fraction of sp³-hybridized carbons (Fsp3) is 0.500. The average molecular weight is 566 g/mol. The van der Waals surface area contributed by atoms with E-state index in [9.17, 15) is 32.8 Å². The van der Waals surface area contributed by atoms with E-state index in [1.54, 1.807) is 27.7 Å². The second kappa shape index (κ2) is 12.7. The van der Waals surface area contributed by atoms with Crippen LogP contribution in [-0.4, -0.2) is 87.9 Å². The summed E-state index contributed by atoms with van der Waals surface area (Å²) in [4.78, 5) is 66.2. The molecule has 2 aromatic rings. The van der Waals surface area contributed by atoms with E-state index in [1.807, 2.05) is 0 Å². The molecule has 0 bridgehead atoms. The third-order valence-corrected chi connectivity index (χ3v) is 5.90. The zero-order chi connectivity index (χ0) is 29.6. The highest BCUT2D eigenvalue weighted by Gasteiger charge is 2.32. The Balaban J connectivity index is 1.76. The van der Waals surface area contributed by atoms with Crippen molar-refractivity contribution in [2.24, 2.45) is 0 Å². The molecule has 2 N–H and O–H groups in total. The Hall–Kier alpha value is -4.23. The first-order valence-corrected chi connectivity index (χ1v) is 12.8. The number of halogens is 2. The molecule has 1 aliphatic rings. The van der Waals surface area contributed by atoms with Crippen LogP contribution in [0.4, 0.5) is 13.6 Å². The van der Waals surface area contributed by atoms with E-state index in [-0.39, 0.29) is 57.0 Å². The summed E-state index contributed by atoms with van der Waals surface area (Å²) in [6.07, 6.45) is -0.756. The maximum absolute atomic E-state index is 13.7. The van der Waals surface area contributed by atoms with Crippen LogP contribution in [0.5, 0.6) is 0 Å². The Morgan fingerprint density at radius 3 is 2.27 bits per heavy atom. The van der Waals surface area contributed by atoms with E-state index in [0.29, 0.717) is 0 Å². The van der Waals surface area contributed by atoms with Crippen LogP contribution in [0, 0.1) is 11.6 Å². The van der Waals surface area contributed by atoms with Crippen LogP contribution in [0.25, 0.3) is 5.69 Å². The van der Waals surface area contributed by atoms with E-state index in [2.05, 4.69) is 10.4 Å². The number of carbonyl (C=O) groups excluding carboxylic acids is 4. The normalized spacial score (nSPS) is 14.4. The molecule has 1 aromatic carbocycles. The van der Waals surface area contributed by atoms with E-state index in [0.717, 1.165) is 28.9 Å². The highest BCUT2D eigenvalue weighted by Crippen LogP contribution is 2.14. The number of esters is 1. The molecular formula is C26H33F2N5O7. The fourth-order valence-corrected chi connectivity index (χ4v) is 4.02. The number of ether oxygens (including phenoxy) is 2. The zero-order valence-corrected chi connectivity index (χ0v) is 22.8. The second-order valence-corrected chi connectivity index (χ2v) is 10.1. The van der Waals surface area contributed by atoms with Crippen LogP contribution < -0.4 is 10.9 Å². The number of piperazine rings is 1. The quantitative estimate of drug-likeness (QED) is 0.466. The number of hydrogen-bond acceptors (Lipinski definition) is 7. The van der Waals surface area contributed by atoms with Crippen molar-refractivity contribution in [1.29, 1.82) is 0 Å². The number of carbonyl (C=O) groups is 4. The van der Waals surface area contributed by atoms with E-state index in [4.69, 9.17) is 9.47 Å². The van der Waals surface area contributed by atoms with Crippen molar-refractivity contribution in [1.82, 2.24) is 24.9 Å². The molecule has 40 heavy (non-hydrogen) atoms. The molecule has 3 rings (SSSR count). The number of rotatable bonds is 8. The lowest BCUT2D eigenvalue weighted by atomic mass is 10.1. The van der Waals surface area contributed by atoms with Gasteiger partial charge in [0.25, 0.3) is 11.5 Å². The van der Waals surface area contributed by atoms with Crippen molar-refractivity contribution in [2.45, 2.75) is 52.2 Å². The van der Waals surface area contributed by atoms with Gasteiger partial charge in [-0.3, -0.25) is 24.3 Å². The molecule has 0 radical (unpaired) electrons. The second-order valence-electron chi connectivity index (χ2n) is 10.1. The van der Waals surface area contributed by atoms with Crippen molar-refractivity contribution >= 4 is 23.9 Å². The number of aromatic amines is 1. The van der Waals surface area contributed by atoms with Crippen molar-refractivity contribution in [3.63, 3.8) is 0 Å². The largest absolute Gasteiger partial charge is 0.460 e. The topological polar surface area (TPSA) is 143 Å². The van der Waals surface area contributed by atoms with Gasteiger partial charge >= 0.3 is 12.1 Å². The number of H-pyrrole nitrogens is 1. The Labute approximate surface area is 229 Å².